The minimum Gasteiger partial charge on any atom is -0.492 e. The van der Waals surface area contributed by atoms with E-state index in [4.69, 9.17) is 4.74 Å². The van der Waals surface area contributed by atoms with Crippen molar-refractivity contribution in [1.29, 1.82) is 0 Å². The predicted molar refractivity (Wildman–Crippen MR) is 96.5 cm³/mol. The summed E-state index contributed by atoms with van der Waals surface area (Å²) in [6.45, 7) is 2.84. The van der Waals surface area contributed by atoms with Crippen LogP contribution in [0.2, 0.25) is 0 Å². The van der Waals surface area contributed by atoms with Crippen molar-refractivity contribution >= 4 is 5.91 Å². The number of nitrogens with one attached hydrogen (secondary N) is 1. The first-order valence-corrected chi connectivity index (χ1v) is 8.06. The van der Waals surface area contributed by atoms with Crippen LogP contribution in [-0.4, -0.2) is 29.0 Å². The highest BCUT2D eigenvalue weighted by Crippen LogP contribution is 2.21. The summed E-state index contributed by atoms with van der Waals surface area (Å²) < 4.78 is 5.65. The minimum atomic E-state index is -0.146. The van der Waals surface area contributed by atoms with Gasteiger partial charge >= 0.3 is 0 Å². The lowest BCUT2D eigenvalue weighted by atomic mass is 10.0. The van der Waals surface area contributed by atoms with Crippen molar-refractivity contribution in [3.05, 3.63) is 78.4 Å². The zero-order valence-corrected chi connectivity index (χ0v) is 14.0. The molecule has 5 nitrogen and oxygen atoms in total. The maximum Gasteiger partial charge on any atom is 0.252 e. The lowest BCUT2D eigenvalue weighted by molar-refractivity contribution is 0.0947. The maximum atomic E-state index is 12.5. The smallest absolute Gasteiger partial charge is 0.252 e. The number of rotatable bonds is 6. The Kier molecular flexibility index (Phi) is 5.36. The van der Waals surface area contributed by atoms with Gasteiger partial charge in [0.1, 0.15) is 18.7 Å². The molecule has 0 aliphatic heterocycles. The molecule has 3 aromatic rings. The first-order chi connectivity index (χ1) is 12.2. The van der Waals surface area contributed by atoms with Crippen LogP contribution in [0.4, 0.5) is 0 Å². The molecule has 0 unspecified atom stereocenters. The third kappa shape index (κ3) is 4.41. The van der Waals surface area contributed by atoms with Crippen LogP contribution in [0, 0.1) is 6.92 Å². The van der Waals surface area contributed by atoms with E-state index in [-0.39, 0.29) is 5.91 Å². The second-order valence-corrected chi connectivity index (χ2v) is 5.59. The number of benzene rings is 2. The number of amides is 1. The summed E-state index contributed by atoms with van der Waals surface area (Å²) >= 11 is 0. The third-order valence-corrected chi connectivity index (χ3v) is 3.69. The number of hydrogen-bond donors (Lipinski definition) is 1. The number of nitrogens with zero attached hydrogens (tertiary/aromatic N) is 2. The zero-order chi connectivity index (χ0) is 17.5. The first kappa shape index (κ1) is 16.6. The molecule has 0 atom stereocenters. The summed E-state index contributed by atoms with van der Waals surface area (Å²) in [7, 11) is 0. The lowest BCUT2D eigenvalue weighted by Gasteiger charge is -2.11. The van der Waals surface area contributed by atoms with E-state index in [1.807, 2.05) is 49.4 Å². The quantitative estimate of drug-likeness (QED) is 0.703. The Morgan fingerprint density at radius 3 is 2.68 bits per heavy atom. The average Bonchev–Trinajstić information content (AvgIpc) is 2.66. The van der Waals surface area contributed by atoms with E-state index in [0.29, 0.717) is 18.7 Å². The van der Waals surface area contributed by atoms with Crippen molar-refractivity contribution in [3.63, 3.8) is 0 Å². The summed E-state index contributed by atoms with van der Waals surface area (Å²) in [6, 6.07) is 15.2. The van der Waals surface area contributed by atoms with Crippen LogP contribution < -0.4 is 10.1 Å². The standard InChI is InChI=1S/C20H19N3O2/c1-15-5-4-6-17(11-15)25-10-9-23-20(24)19-8-3-2-7-18(19)16-12-21-14-22-13-16/h2-8,11-14H,9-10H2,1H3,(H,23,24). The number of aromatic nitrogens is 2. The van der Waals surface area contributed by atoms with E-state index >= 15 is 0 Å². The minimum absolute atomic E-state index is 0.146. The second-order valence-electron chi connectivity index (χ2n) is 5.59. The SMILES string of the molecule is Cc1cccc(OCCNC(=O)c2ccccc2-c2cncnc2)c1. The van der Waals surface area contributed by atoms with E-state index < -0.39 is 0 Å². The van der Waals surface area contributed by atoms with Crippen molar-refractivity contribution in [3.8, 4) is 16.9 Å². The van der Waals surface area contributed by atoms with Crippen LogP contribution in [0.1, 0.15) is 15.9 Å². The van der Waals surface area contributed by atoms with Crippen LogP contribution in [0.25, 0.3) is 11.1 Å². The largest absolute Gasteiger partial charge is 0.492 e. The lowest BCUT2D eigenvalue weighted by Crippen LogP contribution is -2.28. The Morgan fingerprint density at radius 1 is 1.08 bits per heavy atom. The Balaban J connectivity index is 1.60. The normalized spacial score (nSPS) is 10.3. The van der Waals surface area contributed by atoms with Gasteiger partial charge < -0.3 is 10.1 Å². The molecule has 25 heavy (non-hydrogen) atoms. The van der Waals surface area contributed by atoms with Gasteiger partial charge in [-0.25, -0.2) is 9.97 Å². The Morgan fingerprint density at radius 2 is 1.88 bits per heavy atom. The summed E-state index contributed by atoms with van der Waals surface area (Å²) in [4.78, 5) is 20.5. The molecular weight excluding hydrogens is 314 g/mol. The fraction of sp³-hybridized carbons (Fsp3) is 0.150. The fourth-order valence-electron chi connectivity index (χ4n) is 2.50. The van der Waals surface area contributed by atoms with Crippen molar-refractivity contribution in [2.45, 2.75) is 6.92 Å². The molecule has 0 aliphatic carbocycles. The molecule has 0 saturated heterocycles. The van der Waals surface area contributed by atoms with Gasteiger partial charge in [0.05, 0.1) is 6.54 Å². The van der Waals surface area contributed by atoms with Crippen LogP contribution in [0.5, 0.6) is 5.75 Å². The van der Waals surface area contributed by atoms with Crippen molar-refractivity contribution in [2.24, 2.45) is 0 Å². The van der Waals surface area contributed by atoms with Gasteiger partial charge in [-0.1, -0.05) is 30.3 Å². The number of aryl methyl sites for hydroxylation is 1. The van der Waals surface area contributed by atoms with E-state index in [1.165, 1.54) is 6.33 Å². The van der Waals surface area contributed by atoms with Gasteiger partial charge in [0.15, 0.2) is 0 Å². The highest BCUT2D eigenvalue weighted by atomic mass is 16.5. The van der Waals surface area contributed by atoms with E-state index in [1.54, 1.807) is 18.5 Å². The maximum absolute atomic E-state index is 12.5. The van der Waals surface area contributed by atoms with Gasteiger partial charge in [0.25, 0.3) is 5.91 Å². The van der Waals surface area contributed by atoms with E-state index in [2.05, 4.69) is 15.3 Å². The van der Waals surface area contributed by atoms with Gasteiger partial charge in [-0.05, 0) is 36.2 Å². The topological polar surface area (TPSA) is 64.1 Å². The van der Waals surface area contributed by atoms with Gasteiger partial charge in [-0.2, -0.15) is 0 Å². The molecule has 0 aliphatic rings. The summed E-state index contributed by atoms with van der Waals surface area (Å²) in [5, 5.41) is 2.89. The van der Waals surface area contributed by atoms with Crippen molar-refractivity contribution < 1.29 is 9.53 Å². The molecule has 1 N–H and O–H groups in total. The number of carbonyl (C=O) groups excluding carboxylic acids is 1. The Hall–Kier alpha value is -3.21. The van der Waals surface area contributed by atoms with Gasteiger partial charge in [0, 0.05) is 23.5 Å². The van der Waals surface area contributed by atoms with E-state index in [0.717, 1.165) is 22.4 Å². The highest BCUT2D eigenvalue weighted by molar-refractivity contribution is 6.00. The van der Waals surface area contributed by atoms with Crippen LogP contribution >= 0.6 is 0 Å². The predicted octanol–water partition coefficient (Wildman–Crippen LogP) is 3.26. The Labute approximate surface area is 146 Å². The van der Waals surface area contributed by atoms with Crippen LogP contribution in [0.15, 0.2) is 67.3 Å². The van der Waals surface area contributed by atoms with Crippen molar-refractivity contribution in [1.82, 2.24) is 15.3 Å². The monoisotopic (exact) mass is 333 g/mol. The molecule has 0 spiro atoms. The molecule has 0 bridgehead atoms. The molecule has 3 rings (SSSR count). The van der Waals surface area contributed by atoms with Crippen molar-refractivity contribution in [2.75, 3.05) is 13.2 Å². The molecule has 0 saturated carbocycles. The highest BCUT2D eigenvalue weighted by Gasteiger charge is 2.12. The molecule has 1 heterocycles. The molecular formula is C20H19N3O2. The van der Waals surface area contributed by atoms with Gasteiger partial charge in [-0.15, -0.1) is 0 Å². The molecule has 0 radical (unpaired) electrons. The average molecular weight is 333 g/mol. The zero-order valence-electron chi connectivity index (χ0n) is 14.0. The molecule has 0 fully saturated rings. The van der Waals surface area contributed by atoms with E-state index in [9.17, 15) is 4.79 Å². The number of carbonyl (C=O) groups is 1. The molecule has 1 aromatic heterocycles. The first-order valence-electron chi connectivity index (χ1n) is 8.06. The number of hydrogen-bond acceptors (Lipinski definition) is 4. The summed E-state index contributed by atoms with van der Waals surface area (Å²) in [5.74, 6) is 0.656. The molecule has 1 amide bonds. The van der Waals surface area contributed by atoms with Gasteiger partial charge in [0.2, 0.25) is 0 Å². The fourth-order valence-corrected chi connectivity index (χ4v) is 2.50. The molecule has 5 heteroatoms. The summed E-state index contributed by atoms with van der Waals surface area (Å²) in [6.07, 6.45) is 4.86. The number of ether oxygens (including phenoxy) is 1. The van der Waals surface area contributed by atoms with Crippen LogP contribution in [-0.2, 0) is 0 Å². The Bertz CT molecular complexity index is 850. The van der Waals surface area contributed by atoms with Crippen LogP contribution in [0.3, 0.4) is 0 Å². The third-order valence-electron chi connectivity index (χ3n) is 3.69. The molecule has 2 aromatic carbocycles. The summed E-state index contributed by atoms with van der Waals surface area (Å²) in [5.41, 5.74) is 3.35. The molecule has 126 valence electrons. The van der Waals surface area contributed by atoms with Gasteiger partial charge in [-0.3, -0.25) is 4.79 Å². The second kappa shape index (κ2) is 8.06.